The highest BCUT2D eigenvalue weighted by Crippen LogP contribution is 2.30. The Bertz CT molecular complexity index is 348. The smallest absolute Gasteiger partial charge is 0.215 e. The van der Waals surface area contributed by atoms with E-state index in [0.717, 1.165) is 12.8 Å². The molecule has 1 fully saturated rings. The van der Waals surface area contributed by atoms with Crippen LogP contribution in [-0.2, 0) is 0 Å². The summed E-state index contributed by atoms with van der Waals surface area (Å²) < 4.78 is 11.0. The summed E-state index contributed by atoms with van der Waals surface area (Å²) in [5, 5.41) is 0. The maximum absolute atomic E-state index is 5.76. The largest absolute Gasteiger partial charge is 0.487 e. The minimum absolute atomic E-state index is 0.104. The quantitative estimate of drug-likeness (QED) is 0.822. The van der Waals surface area contributed by atoms with Crippen LogP contribution in [0.4, 0.5) is 5.82 Å². The Balaban J connectivity index is 2.07. The number of pyridine rings is 1. The summed E-state index contributed by atoms with van der Waals surface area (Å²) in [5.74, 6) is 1.61. The van der Waals surface area contributed by atoms with Gasteiger partial charge in [-0.25, -0.2) is 0 Å². The van der Waals surface area contributed by atoms with Gasteiger partial charge in [-0.1, -0.05) is 0 Å². The minimum Gasteiger partial charge on any atom is -0.487 e. The van der Waals surface area contributed by atoms with Gasteiger partial charge in [0.25, 0.3) is 0 Å². The van der Waals surface area contributed by atoms with Gasteiger partial charge in [0.2, 0.25) is 5.88 Å². The second-order valence-corrected chi connectivity index (χ2v) is 4.02. The first-order chi connectivity index (χ1) is 7.15. The van der Waals surface area contributed by atoms with Gasteiger partial charge in [0, 0.05) is 6.07 Å². The molecular weight excluding hydrogens is 192 g/mol. The number of nitrogens with zero attached hydrogens (tertiary/aromatic N) is 1. The molecule has 0 atom stereocenters. The third-order valence-electron chi connectivity index (χ3n) is 2.03. The monoisotopic (exact) mass is 208 g/mol. The zero-order chi connectivity index (χ0) is 10.8. The number of rotatable bonds is 4. The van der Waals surface area contributed by atoms with Gasteiger partial charge in [-0.3, -0.25) is 0 Å². The Morgan fingerprint density at radius 3 is 2.67 bits per heavy atom. The van der Waals surface area contributed by atoms with Gasteiger partial charge >= 0.3 is 0 Å². The lowest BCUT2D eigenvalue weighted by Gasteiger charge is -2.11. The van der Waals surface area contributed by atoms with E-state index in [1.165, 1.54) is 0 Å². The first-order valence-corrected chi connectivity index (χ1v) is 5.25. The van der Waals surface area contributed by atoms with Crippen molar-refractivity contribution in [1.82, 2.24) is 4.98 Å². The van der Waals surface area contributed by atoms with E-state index in [4.69, 9.17) is 15.2 Å². The van der Waals surface area contributed by atoms with Crippen molar-refractivity contribution in [2.45, 2.75) is 38.9 Å². The van der Waals surface area contributed by atoms with E-state index in [9.17, 15) is 0 Å². The van der Waals surface area contributed by atoms with Crippen LogP contribution in [0, 0.1) is 0 Å². The molecule has 0 spiro atoms. The number of aromatic nitrogens is 1. The molecular formula is C11H16N2O2. The molecule has 0 saturated heterocycles. The van der Waals surface area contributed by atoms with Crippen molar-refractivity contribution in [3.8, 4) is 11.6 Å². The molecule has 0 aliphatic heterocycles. The summed E-state index contributed by atoms with van der Waals surface area (Å²) in [4.78, 5) is 4.12. The molecule has 0 amide bonds. The maximum atomic E-state index is 5.76. The molecule has 0 aromatic carbocycles. The molecule has 2 N–H and O–H groups in total. The molecule has 82 valence electrons. The lowest BCUT2D eigenvalue weighted by Crippen LogP contribution is -2.08. The summed E-state index contributed by atoms with van der Waals surface area (Å²) in [6.07, 6.45) is 2.67. The highest BCUT2D eigenvalue weighted by atomic mass is 16.5. The van der Waals surface area contributed by atoms with Crippen molar-refractivity contribution in [3.05, 3.63) is 12.1 Å². The average molecular weight is 208 g/mol. The molecule has 0 unspecified atom stereocenters. The summed E-state index contributed by atoms with van der Waals surface area (Å²) in [5.41, 5.74) is 5.76. The topological polar surface area (TPSA) is 57.4 Å². The second kappa shape index (κ2) is 3.96. The first kappa shape index (κ1) is 10.1. The van der Waals surface area contributed by atoms with Crippen molar-refractivity contribution in [1.29, 1.82) is 0 Å². The fourth-order valence-electron chi connectivity index (χ4n) is 1.22. The van der Waals surface area contributed by atoms with Crippen LogP contribution in [-0.4, -0.2) is 17.2 Å². The Morgan fingerprint density at radius 2 is 2.13 bits per heavy atom. The van der Waals surface area contributed by atoms with Gasteiger partial charge in [-0.05, 0) is 32.8 Å². The summed E-state index contributed by atoms with van der Waals surface area (Å²) in [6, 6.07) is 3.60. The van der Waals surface area contributed by atoms with E-state index >= 15 is 0 Å². The molecule has 4 heteroatoms. The normalized spacial score (nSPS) is 15.4. The Labute approximate surface area is 89.4 Å². The molecule has 2 rings (SSSR count). The van der Waals surface area contributed by atoms with Crippen LogP contribution in [0.3, 0.4) is 0 Å². The molecule has 1 heterocycles. The first-order valence-electron chi connectivity index (χ1n) is 5.25. The van der Waals surface area contributed by atoms with E-state index in [1.807, 2.05) is 19.9 Å². The maximum Gasteiger partial charge on any atom is 0.215 e. The summed E-state index contributed by atoms with van der Waals surface area (Å²) in [6.45, 7) is 3.90. The van der Waals surface area contributed by atoms with Crippen LogP contribution >= 0.6 is 0 Å². The summed E-state index contributed by atoms with van der Waals surface area (Å²) >= 11 is 0. The number of nitrogen functional groups attached to an aromatic ring is 1. The molecule has 0 bridgehead atoms. The van der Waals surface area contributed by atoms with Gasteiger partial charge in [-0.2, -0.15) is 4.98 Å². The number of nitrogens with two attached hydrogens (primary N) is 1. The molecule has 1 aliphatic rings. The van der Waals surface area contributed by atoms with Crippen LogP contribution in [0.5, 0.6) is 11.6 Å². The second-order valence-electron chi connectivity index (χ2n) is 4.02. The van der Waals surface area contributed by atoms with Gasteiger partial charge in [0.15, 0.2) is 11.6 Å². The van der Waals surface area contributed by atoms with Gasteiger partial charge in [0.1, 0.15) is 0 Å². The molecule has 1 aliphatic carbocycles. The molecule has 1 saturated carbocycles. The van der Waals surface area contributed by atoms with Crippen LogP contribution in [0.1, 0.15) is 26.7 Å². The van der Waals surface area contributed by atoms with Crippen molar-refractivity contribution in [2.24, 2.45) is 0 Å². The lowest BCUT2D eigenvalue weighted by atomic mass is 10.4. The third kappa shape index (κ3) is 2.75. The molecule has 1 aromatic rings. The van der Waals surface area contributed by atoms with Crippen molar-refractivity contribution >= 4 is 5.82 Å². The van der Waals surface area contributed by atoms with E-state index < -0.39 is 0 Å². The van der Waals surface area contributed by atoms with E-state index in [1.54, 1.807) is 6.07 Å². The zero-order valence-corrected chi connectivity index (χ0v) is 9.06. The number of hydrogen-bond acceptors (Lipinski definition) is 4. The van der Waals surface area contributed by atoms with Crippen molar-refractivity contribution in [2.75, 3.05) is 5.73 Å². The fourth-order valence-corrected chi connectivity index (χ4v) is 1.22. The van der Waals surface area contributed by atoms with Crippen LogP contribution in [0.15, 0.2) is 12.1 Å². The van der Waals surface area contributed by atoms with Crippen LogP contribution in [0.25, 0.3) is 0 Å². The third-order valence-corrected chi connectivity index (χ3v) is 2.03. The Morgan fingerprint density at radius 1 is 1.40 bits per heavy atom. The van der Waals surface area contributed by atoms with E-state index in [-0.39, 0.29) is 6.10 Å². The van der Waals surface area contributed by atoms with Crippen LogP contribution in [0.2, 0.25) is 0 Å². The Hall–Kier alpha value is -1.45. The highest BCUT2D eigenvalue weighted by molar-refractivity contribution is 5.47. The zero-order valence-electron chi connectivity index (χ0n) is 9.06. The average Bonchev–Trinajstić information content (AvgIpc) is 2.92. The SMILES string of the molecule is CC(C)Oc1ccc(OC2CC2)c(N)n1. The van der Waals surface area contributed by atoms with Crippen molar-refractivity contribution < 1.29 is 9.47 Å². The van der Waals surface area contributed by atoms with Gasteiger partial charge < -0.3 is 15.2 Å². The van der Waals surface area contributed by atoms with Gasteiger partial charge in [0.05, 0.1) is 12.2 Å². The number of ether oxygens (including phenoxy) is 2. The Kier molecular flexibility index (Phi) is 2.66. The molecule has 15 heavy (non-hydrogen) atoms. The predicted molar refractivity (Wildman–Crippen MR) is 58.1 cm³/mol. The highest BCUT2D eigenvalue weighted by Gasteiger charge is 2.24. The van der Waals surface area contributed by atoms with Crippen molar-refractivity contribution in [3.63, 3.8) is 0 Å². The number of anilines is 1. The standard InChI is InChI=1S/C11H16N2O2/c1-7(2)14-10-6-5-9(11(12)13-10)15-8-3-4-8/h5-8H,3-4H2,1-2H3,(H2,12,13). The van der Waals surface area contributed by atoms with E-state index in [2.05, 4.69) is 4.98 Å². The predicted octanol–water partition coefficient (Wildman–Crippen LogP) is 1.99. The van der Waals surface area contributed by atoms with Crippen LogP contribution < -0.4 is 15.2 Å². The fraction of sp³-hybridized carbons (Fsp3) is 0.545. The lowest BCUT2D eigenvalue weighted by molar-refractivity contribution is 0.231. The van der Waals surface area contributed by atoms with Gasteiger partial charge in [-0.15, -0.1) is 0 Å². The molecule has 1 aromatic heterocycles. The molecule has 4 nitrogen and oxygen atoms in total. The van der Waals surface area contributed by atoms with E-state index in [0.29, 0.717) is 23.6 Å². The minimum atomic E-state index is 0.104. The number of hydrogen-bond donors (Lipinski definition) is 1. The molecule has 0 radical (unpaired) electrons. The summed E-state index contributed by atoms with van der Waals surface area (Å²) in [7, 11) is 0.